The number of fused-ring (bicyclic) bond motifs is 1. The Hall–Kier alpha value is -3.11. The van der Waals surface area contributed by atoms with Gasteiger partial charge in [0.2, 0.25) is 15.9 Å². The molecule has 5 rings (SSSR count). The van der Waals surface area contributed by atoms with E-state index in [1.165, 1.54) is 15.4 Å². The Bertz CT molecular complexity index is 1480. The Balaban J connectivity index is 1.40. The van der Waals surface area contributed by atoms with Gasteiger partial charge < -0.3 is 14.1 Å². The lowest BCUT2D eigenvalue weighted by atomic mass is 10.0. The number of ether oxygens (including phenoxy) is 1. The van der Waals surface area contributed by atoms with E-state index in [-0.39, 0.29) is 36.5 Å². The highest BCUT2D eigenvalue weighted by molar-refractivity contribution is 7.89. The van der Waals surface area contributed by atoms with Gasteiger partial charge in [0.25, 0.3) is 0 Å². The van der Waals surface area contributed by atoms with Crippen LogP contribution in [0.3, 0.4) is 0 Å². The molecule has 198 valence electrons. The number of carbonyl (C=O) groups is 1. The van der Waals surface area contributed by atoms with Crippen molar-refractivity contribution in [2.75, 3.05) is 19.7 Å². The number of rotatable bonds is 9. The van der Waals surface area contributed by atoms with Crippen molar-refractivity contribution >= 4 is 38.9 Å². The maximum Gasteiger partial charge on any atom is 0.243 e. The molecule has 1 aliphatic rings. The first-order valence-corrected chi connectivity index (χ1v) is 14.8. The number of nitrogens with zero attached hydrogens (tertiary/aromatic N) is 2. The van der Waals surface area contributed by atoms with Gasteiger partial charge in [0.15, 0.2) is 0 Å². The van der Waals surface area contributed by atoms with E-state index in [1.54, 1.807) is 76.9 Å². The SMILES string of the molecule is Cc1ccc(S(=O)(=O)N(CC(=O)N2CCc3sccc3[C@@H]2COc2ccc(Cl)cc2)Cc2ccco2)cc1. The lowest BCUT2D eigenvalue weighted by Gasteiger charge is -2.37. The van der Waals surface area contributed by atoms with Crippen LogP contribution in [0.25, 0.3) is 0 Å². The maximum atomic E-state index is 13.8. The van der Waals surface area contributed by atoms with Crippen molar-refractivity contribution in [3.05, 3.63) is 105 Å². The van der Waals surface area contributed by atoms with Crippen molar-refractivity contribution in [2.24, 2.45) is 0 Å². The first-order chi connectivity index (χ1) is 18.3. The molecule has 0 spiro atoms. The van der Waals surface area contributed by atoms with Crippen LogP contribution in [0.2, 0.25) is 5.02 Å². The van der Waals surface area contributed by atoms with E-state index in [9.17, 15) is 13.2 Å². The van der Waals surface area contributed by atoms with Gasteiger partial charge in [-0.2, -0.15) is 4.31 Å². The number of hydrogen-bond donors (Lipinski definition) is 0. The average molecular weight is 571 g/mol. The fourth-order valence-electron chi connectivity index (χ4n) is 4.48. The average Bonchev–Trinajstić information content (AvgIpc) is 3.60. The first-order valence-electron chi connectivity index (χ1n) is 12.1. The molecule has 0 unspecified atom stereocenters. The van der Waals surface area contributed by atoms with Gasteiger partial charge in [0, 0.05) is 16.4 Å². The Labute approximate surface area is 231 Å². The van der Waals surface area contributed by atoms with Gasteiger partial charge in [0.05, 0.1) is 30.3 Å². The molecule has 0 saturated carbocycles. The van der Waals surface area contributed by atoms with Crippen LogP contribution < -0.4 is 4.74 Å². The minimum absolute atomic E-state index is 0.0571. The number of furan rings is 1. The van der Waals surface area contributed by atoms with Gasteiger partial charge in [-0.1, -0.05) is 29.3 Å². The minimum Gasteiger partial charge on any atom is -0.491 e. The van der Waals surface area contributed by atoms with Gasteiger partial charge in [-0.15, -0.1) is 11.3 Å². The molecule has 2 aromatic heterocycles. The molecular weight excluding hydrogens is 544 g/mol. The van der Waals surface area contributed by atoms with Gasteiger partial charge in [-0.3, -0.25) is 4.79 Å². The number of amides is 1. The van der Waals surface area contributed by atoms with Crippen LogP contribution in [-0.2, 0) is 27.8 Å². The molecule has 0 bridgehead atoms. The summed E-state index contributed by atoms with van der Waals surface area (Å²) in [6.07, 6.45) is 2.19. The molecule has 1 aliphatic heterocycles. The maximum absolute atomic E-state index is 13.8. The topological polar surface area (TPSA) is 80.1 Å². The number of hydrogen-bond acceptors (Lipinski definition) is 6. The second kappa shape index (κ2) is 11.3. The summed E-state index contributed by atoms with van der Waals surface area (Å²) >= 11 is 7.65. The largest absolute Gasteiger partial charge is 0.491 e. The summed E-state index contributed by atoms with van der Waals surface area (Å²) in [5.41, 5.74) is 1.98. The normalized spacial score (nSPS) is 15.4. The van der Waals surface area contributed by atoms with E-state index in [0.29, 0.717) is 29.5 Å². The Morgan fingerprint density at radius 1 is 1.13 bits per heavy atom. The predicted molar refractivity (Wildman–Crippen MR) is 147 cm³/mol. The highest BCUT2D eigenvalue weighted by Gasteiger charge is 2.35. The predicted octanol–water partition coefficient (Wildman–Crippen LogP) is 5.70. The van der Waals surface area contributed by atoms with E-state index >= 15 is 0 Å². The van der Waals surface area contributed by atoms with E-state index < -0.39 is 10.0 Å². The van der Waals surface area contributed by atoms with Crippen molar-refractivity contribution in [3.63, 3.8) is 0 Å². The third-order valence-electron chi connectivity index (χ3n) is 6.52. The van der Waals surface area contributed by atoms with Crippen molar-refractivity contribution in [3.8, 4) is 5.75 Å². The van der Waals surface area contributed by atoms with Crippen LogP contribution in [0.1, 0.15) is 27.8 Å². The molecule has 10 heteroatoms. The summed E-state index contributed by atoms with van der Waals surface area (Å²) in [7, 11) is -3.97. The zero-order valence-electron chi connectivity index (χ0n) is 20.7. The minimum atomic E-state index is -3.97. The molecule has 0 fully saturated rings. The van der Waals surface area contributed by atoms with Crippen LogP contribution in [0.15, 0.2) is 87.7 Å². The highest BCUT2D eigenvalue weighted by atomic mass is 35.5. The Kier molecular flexibility index (Phi) is 7.90. The molecule has 2 aromatic carbocycles. The van der Waals surface area contributed by atoms with Crippen molar-refractivity contribution in [1.29, 1.82) is 0 Å². The molecule has 0 radical (unpaired) electrons. The van der Waals surface area contributed by atoms with E-state index in [1.807, 2.05) is 18.4 Å². The molecule has 0 aliphatic carbocycles. The summed E-state index contributed by atoms with van der Waals surface area (Å²) in [5.74, 6) is 0.800. The van der Waals surface area contributed by atoms with E-state index in [4.69, 9.17) is 20.8 Å². The van der Waals surface area contributed by atoms with Gasteiger partial charge in [-0.25, -0.2) is 8.42 Å². The van der Waals surface area contributed by atoms with Crippen LogP contribution >= 0.6 is 22.9 Å². The highest BCUT2D eigenvalue weighted by Crippen LogP contribution is 2.34. The van der Waals surface area contributed by atoms with E-state index in [2.05, 4.69) is 0 Å². The van der Waals surface area contributed by atoms with Crippen LogP contribution in [0.5, 0.6) is 5.75 Å². The van der Waals surface area contributed by atoms with Crippen molar-refractivity contribution in [1.82, 2.24) is 9.21 Å². The number of halogens is 1. The molecule has 3 heterocycles. The zero-order chi connectivity index (χ0) is 26.7. The molecule has 7 nitrogen and oxygen atoms in total. The zero-order valence-corrected chi connectivity index (χ0v) is 23.1. The van der Waals surface area contributed by atoms with Crippen LogP contribution in [0.4, 0.5) is 0 Å². The molecule has 1 amide bonds. The first kappa shape index (κ1) is 26.5. The lowest BCUT2D eigenvalue weighted by molar-refractivity contribution is -0.135. The quantitative estimate of drug-likeness (QED) is 0.258. The molecular formula is C28H27ClN2O5S2. The van der Waals surface area contributed by atoms with Gasteiger partial charge in [0.1, 0.15) is 18.1 Å². The number of benzene rings is 2. The van der Waals surface area contributed by atoms with Crippen LogP contribution in [-0.4, -0.2) is 43.2 Å². The second-order valence-electron chi connectivity index (χ2n) is 9.08. The smallest absolute Gasteiger partial charge is 0.243 e. The molecule has 4 aromatic rings. The standard InChI is InChI=1S/C28H27ClN2O5S2/c1-20-4-10-24(11-5-20)38(33,34)30(17-23-3-2-15-35-23)18-28(32)31-14-12-27-25(13-16-37-27)26(31)19-36-22-8-6-21(29)7-9-22/h2-11,13,15-16,26H,12,14,17-19H2,1H3/t26-/m0/s1. The second-order valence-corrected chi connectivity index (χ2v) is 12.5. The fourth-order valence-corrected chi connectivity index (χ4v) is 6.89. The molecule has 0 saturated heterocycles. The molecule has 38 heavy (non-hydrogen) atoms. The number of thiophene rings is 1. The number of aryl methyl sites for hydroxylation is 1. The summed E-state index contributed by atoms with van der Waals surface area (Å²) < 4.78 is 40.0. The summed E-state index contributed by atoms with van der Waals surface area (Å²) in [5, 5.41) is 2.62. The van der Waals surface area contributed by atoms with Crippen LogP contribution in [0, 0.1) is 6.92 Å². The Morgan fingerprint density at radius 3 is 2.61 bits per heavy atom. The van der Waals surface area contributed by atoms with Gasteiger partial charge >= 0.3 is 0 Å². The third-order valence-corrected chi connectivity index (χ3v) is 9.57. The van der Waals surface area contributed by atoms with Crippen molar-refractivity contribution < 1.29 is 22.4 Å². The Morgan fingerprint density at radius 2 is 1.89 bits per heavy atom. The monoisotopic (exact) mass is 570 g/mol. The number of sulfonamides is 1. The van der Waals surface area contributed by atoms with Crippen molar-refractivity contribution in [2.45, 2.75) is 30.8 Å². The molecule has 1 atom stereocenters. The summed E-state index contributed by atoms with van der Waals surface area (Å²) in [4.78, 5) is 16.8. The number of carbonyl (C=O) groups excluding carboxylic acids is 1. The van der Waals surface area contributed by atoms with E-state index in [0.717, 1.165) is 11.1 Å². The van der Waals surface area contributed by atoms with Gasteiger partial charge in [-0.05, 0) is 78.9 Å². The lowest BCUT2D eigenvalue weighted by Crippen LogP contribution is -2.47. The fraction of sp³-hybridized carbons (Fsp3) is 0.250. The summed E-state index contributed by atoms with van der Waals surface area (Å²) in [6.45, 7) is 2.22. The summed E-state index contributed by atoms with van der Waals surface area (Å²) in [6, 6.07) is 18.7. The third kappa shape index (κ3) is 5.81. The molecule has 0 N–H and O–H groups in total.